The average Bonchev–Trinajstić information content (AvgIpc) is 2.96. The van der Waals surface area contributed by atoms with E-state index in [2.05, 4.69) is 24.1 Å². The van der Waals surface area contributed by atoms with Crippen LogP contribution < -0.4 is 5.32 Å². The fourth-order valence-electron chi connectivity index (χ4n) is 1.82. The van der Waals surface area contributed by atoms with Gasteiger partial charge in [0.1, 0.15) is 0 Å². The summed E-state index contributed by atoms with van der Waals surface area (Å²) < 4.78 is 0. The minimum Gasteiger partial charge on any atom is -0.352 e. The van der Waals surface area contributed by atoms with Crippen LogP contribution >= 0.6 is 11.3 Å². The van der Waals surface area contributed by atoms with Crippen molar-refractivity contribution in [2.24, 2.45) is 0 Å². The predicted octanol–water partition coefficient (Wildman–Crippen LogP) is 3.15. The molecular formula is C15H17N3O3S. The van der Waals surface area contributed by atoms with E-state index in [0.29, 0.717) is 24.4 Å². The van der Waals surface area contributed by atoms with Gasteiger partial charge >= 0.3 is 0 Å². The van der Waals surface area contributed by atoms with Crippen LogP contribution in [-0.4, -0.2) is 22.4 Å². The van der Waals surface area contributed by atoms with Crippen LogP contribution in [0.1, 0.15) is 40.8 Å². The third kappa shape index (κ3) is 4.11. The molecule has 2 aromatic rings. The van der Waals surface area contributed by atoms with Crippen molar-refractivity contribution in [3.63, 3.8) is 0 Å². The van der Waals surface area contributed by atoms with Crippen LogP contribution in [-0.2, 0) is 6.42 Å². The maximum Gasteiger partial charge on any atom is 0.269 e. The largest absolute Gasteiger partial charge is 0.352 e. The van der Waals surface area contributed by atoms with Gasteiger partial charge in [0.15, 0.2) is 0 Å². The van der Waals surface area contributed by atoms with Crippen molar-refractivity contribution < 1.29 is 9.72 Å². The topological polar surface area (TPSA) is 85.1 Å². The predicted molar refractivity (Wildman–Crippen MR) is 85.3 cm³/mol. The highest BCUT2D eigenvalue weighted by molar-refractivity contribution is 7.09. The van der Waals surface area contributed by atoms with Gasteiger partial charge in [-0.25, -0.2) is 4.98 Å². The van der Waals surface area contributed by atoms with Gasteiger partial charge in [-0.1, -0.05) is 13.8 Å². The van der Waals surface area contributed by atoms with Gasteiger partial charge < -0.3 is 5.32 Å². The van der Waals surface area contributed by atoms with Crippen molar-refractivity contribution in [1.29, 1.82) is 0 Å². The van der Waals surface area contributed by atoms with E-state index in [-0.39, 0.29) is 11.6 Å². The molecule has 0 aliphatic heterocycles. The number of thiazole rings is 1. The van der Waals surface area contributed by atoms with Crippen LogP contribution in [0.5, 0.6) is 0 Å². The number of benzene rings is 1. The quantitative estimate of drug-likeness (QED) is 0.654. The average molecular weight is 319 g/mol. The number of carbonyl (C=O) groups is 1. The molecule has 0 atom stereocenters. The monoisotopic (exact) mass is 319 g/mol. The van der Waals surface area contributed by atoms with Crippen molar-refractivity contribution in [2.75, 3.05) is 6.54 Å². The summed E-state index contributed by atoms with van der Waals surface area (Å²) in [6.45, 7) is 4.67. The summed E-state index contributed by atoms with van der Waals surface area (Å²) in [5.74, 6) is 0.162. The molecule has 7 heteroatoms. The Bertz CT molecular complexity index is 665. The first-order valence-electron chi connectivity index (χ1n) is 6.94. The first-order valence-corrected chi connectivity index (χ1v) is 7.82. The maximum absolute atomic E-state index is 11.9. The number of nitro groups is 1. The van der Waals surface area contributed by atoms with E-state index in [1.807, 2.05) is 5.38 Å². The second-order valence-electron chi connectivity index (χ2n) is 5.13. The van der Waals surface area contributed by atoms with E-state index in [1.165, 1.54) is 24.3 Å². The second kappa shape index (κ2) is 7.13. The molecule has 1 aromatic carbocycles. The van der Waals surface area contributed by atoms with E-state index in [0.717, 1.165) is 10.7 Å². The van der Waals surface area contributed by atoms with Crippen LogP contribution in [0.15, 0.2) is 29.6 Å². The van der Waals surface area contributed by atoms with Crippen LogP contribution in [0, 0.1) is 10.1 Å². The van der Waals surface area contributed by atoms with Crippen molar-refractivity contribution in [1.82, 2.24) is 10.3 Å². The Morgan fingerprint density at radius 1 is 1.36 bits per heavy atom. The molecular weight excluding hydrogens is 302 g/mol. The van der Waals surface area contributed by atoms with Gasteiger partial charge in [-0.2, -0.15) is 0 Å². The molecule has 6 nitrogen and oxygen atoms in total. The molecule has 0 fully saturated rings. The molecule has 0 unspecified atom stereocenters. The molecule has 0 bridgehead atoms. The third-order valence-electron chi connectivity index (χ3n) is 3.13. The number of rotatable bonds is 6. The Morgan fingerprint density at radius 3 is 2.59 bits per heavy atom. The molecule has 1 heterocycles. The lowest BCUT2D eigenvalue weighted by Gasteiger charge is -2.04. The van der Waals surface area contributed by atoms with Gasteiger partial charge in [0.25, 0.3) is 11.6 Å². The molecule has 0 radical (unpaired) electrons. The zero-order valence-corrected chi connectivity index (χ0v) is 13.2. The normalized spacial score (nSPS) is 10.7. The van der Waals surface area contributed by atoms with Crippen molar-refractivity contribution in [3.8, 4) is 0 Å². The van der Waals surface area contributed by atoms with E-state index < -0.39 is 4.92 Å². The Morgan fingerprint density at radius 2 is 2.05 bits per heavy atom. The summed E-state index contributed by atoms with van der Waals surface area (Å²) >= 11 is 1.59. The first kappa shape index (κ1) is 16.1. The van der Waals surface area contributed by atoms with Gasteiger partial charge in [0, 0.05) is 36.0 Å². The molecule has 1 aromatic heterocycles. The fourth-order valence-corrected chi connectivity index (χ4v) is 2.78. The molecule has 22 heavy (non-hydrogen) atoms. The van der Waals surface area contributed by atoms with Crippen molar-refractivity contribution >= 4 is 22.9 Å². The Balaban J connectivity index is 1.85. The summed E-state index contributed by atoms with van der Waals surface area (Å²) in [4.78, 5) is 26.5. The molecule has 0 spiro atoms. The highest BCUT2D eigenvalue weighted by Gasteiger charge is 2.10. The lowest BCUT2D eigenvalue weighted by atomic mass is 10.2. The van der Waals surface area contributed by atoms with Gasteiger partial charge in [-0.05, 0) is 18.1 Å². The third-order valence-corrected chi connectivity index (χ3v) is 4.05. The number of nitrogens with one attached hydrogen (secondary N) is 1. The highest BCUT2D eigenvalue weighted by Crippen LogP contribution is 2.18. The summed E-state index contributed by atoms with van der Waals surface area (Å²) in [7, 11) is 0. The van der Waals surface area contributed by atoms with E-state index >= 15 is 0 Å². The van der Waals surface area contributed by atoms with Crippen molar-refractivity contribution in [2.45, 2.75) is 26.2 Å². The van der Waals surface area contributed by atoms with E-state index in [4.69, 9.17) is 0 Å². The smallest absolute Gasteiger partial charge is 0.269 e. The number of hydrogen-bond acceptors (Lipinski definition) is 5. The fraction of sp³-hybridized carbons (Fsp3) is 0.333. The summed E-state index contributed by atoms with van der Waals surface area (Å²) in [5.41, 5.74) is 1.45. The molecule has 0 aliphatic carbocycles. The Labute approximate surface area is 132 Å². The molecule has 2 rings (SSSR count). The number of nitro benzene ring substituents is 1. The SMILES string of the molecule is CC(C)c1csc(CCNC(=O)c2ccc([N+](=O)[O-])cc2)n1. The van der Waals surface area contributed by atoms with Gasteiger partial charge in [0.2, 0.25) is 0 Å². The highest BCUT2D eigenvalue weighted by atomic mass is 32.1. The van der Waals surface area contributed by atoms with Crippen LogP contribution in [0.25, 0.3) is 0 Å². The molecule has 0 saturated heterocycles. The van der Waals surface area contributed by atoms with Gasteiger partial charge in [-0.3, -0.25) is 14.9 Å². The number of aromatic nitrogens is 1. The first-order chi connectivity index (χ1) is 10.5. The Kier molecular flexibility index (Phi) is 5.21. The molecule has 1 amide bonds. The number of hydrogen-bond donors (Lipinski definition) is 1. The number of amides is 1. The zero-order chi connectivity index (χ0) is 16.1. The molecule has 1 N–H and O–H groups in total. The summed E-state index contributed by atoms with van der Waals surface area (Å²) in [5, 5.41) is 16.4. The van der Waals surface area contributed by atoms with Crippen LogP contribution in [0.2, 0.25) is 0 Å². The Hall–Kier alpha value is -2.28. The summed E-state index contributed by atoms with van der Waals surface area (Å²) in [6, 6.07) is 5.55. The number of non-ortho nitro benzene ring substituents is 1. The molecule has 0 aliphatic rings. The summed E-state index contributed by atoms with van der Waals surface area (Å²) in [6.07, 6.45) is 0.677. The zero-order valence-electron chi connectivity index (χ0n) is 12.4. The van der Waals surface area contributed by atoms with Gasteiger partial charge in [-0.15, -0.1) is 11.3 Å². The lowest BCUT2D eigenvalue weighted by Crippen LogP contribution is -2.25. The minimum absolute atomic E-state index is 0.0273. The number of carbonyl (C=O) groups excluding carboxylic acids is 1. The molecule has 116 valence electrons. The van der Waals surface area contributed by atoms with Gasteiger partial charge in [0.05, 0.1) is 15.6 Å². The molecule has 0 saturated carbocycles. The second-order valence-corrected chi connectivity index (χ2v) is 6.07. The number of nitrogens with zero attached hydrogens (tertiary/aromatic N) is 2. The van der Waals surface area contributed by atoms with E-state index in [9.17, 15) is 14.9 Å². The van der Waals surface area contributed by atoms with Crippen LogP contribution in [0.4, 0.5) is 5.69 Å². The standard InChI is InChI=1S/C15H17N3O3S/c1-10(2)13-9-22-14(17-13)7-8-16-15(19)11-3-5-12(6-4-11)18(20)21/h3-6,9-10H,7-8H2,1-2H3,(H,16,19). The maximum atomic E-state index is 11.9. The minimum atomic E-state index is -0.490. The van der Waals surface area contributed by atoms with E-state index in [1.54, 1.807) is 11.3 Å². The van der Waals surface area contributed by atoms with Crippen molar-refractivity contribution in [3.05, 3.63) is 56.0 Å². The lowest BCUT2D eigenvalue weighted by molar-refractivity contribution is -0.384. The van der Waals surface area contributed by atoms with Crippen LogP contribution in [0.3, 0.4) is 0 Å².